The highest BCUT2D eigenvalue weighted by molar-refractivity contribution is 5.99. The second kappa shape index (κ2) is 10.4. The Labute approximate surface area is 179 Å². The van der Waals surface area contributed by atoms with Crippen LogP contribution in [0, 0.1) is 11.8 Å². The summed E-state index contributed by atoms with van der Waals surface area (Å²) in [5.41, 5.74) is 5.19. The Hall–Kier alpha value is -2.86. The van der Waals surface area contributed by atoms with Gasteiger partial charge in [-0.2, -0.15) is 13.2 Å². The second-order valence-corrected chi connectivity index (χ2v) is 7.10. The molecule has 31 heavy (non-hydrogen) atoms. The fourth-order valence-electron chi connectivity index (χ4n) is 3.36. The van der Waals surface area contributed by atoms with Gasteiger partial charge in [-0.1, -0.05) is 36.1 Å². The van der Waals surface area contributed by atoms with Gasteiger partial charge in [0.05, 0.1) is 25.3 Å². The highest BCUT2D eigenvalue weighted by atomic mass is 19.4. The summed E-state index contributed by atoms with van der Waals surface area (Å²) in [7, 11) is 0. The summed E-state index contributed by atoms with van der Waals surface area (Å²) in [4.78, 5) is 13.9. The highest BCUT2D eigenvalue weighted by Gasteiger charge is 2.33. The topological polar surface area (TPSA) is 67.6 Å². The number of primary amides is 1. The summed E-state index contributed by atoms with van der Waals surface area (Å²) in [5, 5.41) is 3.13. The van der Waals surface area contributed by atoms with Crippen LogP contribution >= 0.6 is 0 Å². The van der Waals surface area contributed by atoms with E-state index in [0.29, 0.717) is 12.1 Å². The molecule has 3 N–H and O–H groups in total. The van der Waals surface area contributed by atoms with E-state index in [1.807, 2.05) is 0 Å². The second-order valence-electron chi connectivity index (χ2n) is 7.10. The lowest BCUT2D eigenvalue weighted by atomic mass is 9.95. The lowest BCUT2D eigenvalue weighted by Crippen LogP contribution is -2.40. The van der Waals surface area contributed by atoms with Crippen LogP contribution in [0.15, 0.2) is 42.5 Å². The zero-order valence-electron chi connectivity index (χ0n) is 17.0. The van der Waals surface area contributed by atoms with Crippen LogP contribution < -0.4 is 11.1 Å². The molecule has 2 aromatic rings. The van der Waals surface area contributed by atoms with Crippen molar-refractivity contribution in [3.63, 3.8) is 0 Å². The van der Waals surface area contributed by atoms with Gasteiger partial charge in [0.2, 0.25) is 5.91 Å². The van der Waals surface area contributed by atoms with Crippen LogP contribution in [0.2, 0.25) is 0 Å². The van der Waals surface area contributed by atoms with E-state index in [2.05, 4.69) is 22.1 Å². The van der Waals surface area contributed by atoms with Gasteiger partial charge >= 0.3 is 6.18 Å². The maximum atomic E-state index is 13.6. The third-order valence-electron chi connectivity index (χ3n) is 4.97. The summed E-state index contributed by atoms with van der Waals surface area (Å²) in [5.74, 6) is 4.68. The van der Waals surface area contributed by atoms with Crippen LogP contribution in [0.4, 0.5) is 13.2 Å². The highest BCUT2D eigenvalue weighted by Crippen LogP contribution is 2.35. The average Bonchev–Trinajstić information content (AvgIpc) is 2.76. The number of nitrogens with zero attached hydrogens (tertiary/aromatic N) is 1. The molecule has 0 unspecified atom stereocenters. The van der Waals surface area contributed by atoms with E-state index in [4.69, 9.17) is 10.5 Å². The van der Waals surface area contributed by atoms with Gasteiger partial charge in [0.1, 0.15) is 0 Å². The van der Waals surface area contributed by atoms with Gasteiger partial charge in [0.15, 0.2) is 0 Å². The quantitative estimate of drug-likeness (QED) is 0.545. The lowest BCUT2D eigenvalue weighted by molar-refractivity contribution is -0.137. The molecular formula is C23H24F3N3O2. The average molecular weight is 431 g/mol. The first-order valence-corrected chi connectivity index (χ1v) is 9.96. The number of hydrogen-bond acceptors (Lipinski definition) is 4. The number of nitrogens with two attached hydrogens (primary N) is 1. The minimum atomic E-state index is -4.58. The number of nitrogens with one attached hydrogen (secondary N) is 1. The minimum absolute atomic E-state index is 0.109. The van der Waals surface area contributed by atoms with Crippen LogP contribution in [-0.4, -0.2) is 56.7 Å². The predicted octanol–water partition coefficient (Wildman–Crippen LogP) is 2.74. The summed E-state index contributed by atoms with van der Waals surface area (Å²) in [6.45, 7) is 5.03. The van der Waals surface area contributed by atoms with Crippen molar-refractivity contribution in [1.29, 1.82) is 0 Å². The van der Waals surface area contributed by atoms with E-state index in [9.17, 15) is 18.0 Å². The van der Waals surface area contributed by atoms with Gasteiger partial charge in [0.25, 0.3) is 0 Å². The minimum Gasteiger partial charge on any atom is -0.379 e. The van der Waals surface area contributed by atoms with Gasteiger partial charge in [-0.3, -0.25) is 9.69 Å². The molecule has 1 heterocycles. The SMILES string of the molecule is NC(=O)c1ccccc1-c1ccc(C#CCNCCN2CCOCC2)c(C(F)(F)F)c1. The molecule has 2 aromatic carbocycles. The molecule has 1 saturated heterocycles. The summed E-state index contributed by atoms with van der Waals surface area (Å²) in [6, 6.07) is 10.2. The van der Waals surface area contributed by atoms with Crippen molar-refractivity contribution in [2.75, 3.05) is 45.9 Å². The number of morpholine rings is 1. The fourth-order valence-corrected chi connectivity index (χ4v) is 3.36. The maximum Gasteiger partial charge on any atom is 0.417 e. The number of hydrogen-bond donors (Lipinski definition) is 2. The molecule has 1 amide bonds. The molecule has 0 radical (unpaired) electrons. The van der Waals surface area contributed by atoms with Gasteiger partial charge in [0, 0.05) is 37.3 Å². The largest absolute Gasteiger partial charge is 0.417 e. The Bertz CT molecular complexity index is 974. The molecule has 0 aliphatic carbocycles. The Morgan fingerprint density at radius 3 is 2.61 bits per heavy atom. The van der Waals surface area contributed by atoms with Crippen molar-refractivity contribution < 1.29 is 22.7 Å². The van der Waals surface area contributed by atoms with E-state index in [-0.39, 0.29) is 23.2 Å². The van der Waals surface area contributed by atoms with Crippen LogP contribution in [0.3, 0.4) is 0 Å². The van der Waals surface area contributed by atoms with E-state index >= 15 is 0 Å². The zero-order chi connectivity index (χ0) is 22.3. The van der Waals surface area contributed by atoms with Gasteiger partial charge in [-0.25, -0.2) is 0 Å². The van der Waals surface area contributed by atoms with Crippen LogP contribution in [-0.2, 0) is 10.9 Å². The number of ether oxygens (including phenoxy) is 1. The van der Waals surface area contributed by atoms with Crippen molar-refractivity contribution >= 4 is 5.91 Å². The van der Waals surface area contributed by atoms with Crippen molar-refractivity contribution in [3.05, 3.63) is 59.2 Å². The molecule has 1 aliphatic rings. The maximum absolute atomic E-state index is 13.6. The number of rotatable bonds is 6. The van der Waals surface area contributed by atoms with Crippen molar-refractivity contribution in [1.82, 2.24) is 10.2 Å². The molecule has 3 rings (SSSR count). The van der Waals surface area contributed by atoms with E-state index in [1.54, 1.807) is 18.2 Å². The molecule has 5 nitrogen and oxygen atoms in total. The van der Waals surface area contributed by atoms with Crippen LogP contribution in [0.25, 0.3) is 11.1 Å². The Balaban J connectivity index is 1.72. The number of alkyl halides is 3. The number of carbonyl (C=O) groups excluding carboxylic acids is 1. The van der Waals surface area contributed by atoms with Crippen LogP contribution in [0.5, 0.6) is 0 Å². The molecule has 1 aliphatic heterocycles. The first kappa shape index (κ1) is 22.8. The van der Waals surface area contributed by atoms with E-state index < -0.39 is 17.6 Å². The number of halogens is 3. The molecule has 0 aromatic heterocycles. The van der Waals surface area contributed by atoms with Crippen molar-refractivity contribution in [3.8, 4) is 23.0 Å². The van der Waals surface area contributed by atoms with Crippen molar-refractivity contribution in [2.24, 2.45) is 5.73 Å². The van der Waals surface area contributed by atoms with E-state index in [1.165, 1.54) is 18.2 Å². The number of carbonyl (C=O) groups is 1. The summed E-state index contributed by atoms with van der Waals surface area (Å²) < 4.78 is 46.2. The van der Waals surface area contributed by atoms with Gasteiger partial charge < -0.3 is 15.8 Å². The Morgan fingerprint density at radius 1 is 1.16 bits per heavy atom. The normalized spacial score (nSPS) is 14.7. The molecule has 0 spiro atoms. The molecule has 164 valence electrons. The third kappa shape index (κ3) is 6.31. The first-order valence-electron chi connectivity index (χ1n) is 9.96. The predicted molar refractivity (Wildman–Crippen MR) is 112 cm³/mol. The Kier molecular flexibility index (Phi) is 7.69. The number of amides is 1. The molecule has 0 saturated carbocycles. The van der Waals surface area contributed by atoms with Gasteiger partial charge in [-0.15, -0.1) is 0 Å². The molecule has 0 atom stereocenters. The smallest absolute Gasteiger partial charge is 0.379 e. The van der Waals surface area contributed by atoms with Gasteiger partial charge in [-0.05, 0) is 29.3 Å². The molecule has 1 fully saturated rings. The van der Waals surface area contributed by atoms with Crippen molar-refractivity contribution in [2.45, 2.75) is 6.18 Å². The molecule has 0 bridgehead atoms. The summed E-state index contributed by atoms with van der Waals surface area (Å²) >= 11 is 0. The molecular weight excluding hydrogens is 407 g/mol. The zero-order valence-corrected chi connectivity index (χ0v) is 17.0. The Morgan fingerprint density at radius 2 is 1.90 bits per heavy atom. The lowest BCUT2D eigenvalue weighted by Gasteiger charge is -2.26. The first-order chi connectivity index (χ1) is 14.9. The summed E-state index contributed by atoms with van der Waals surface area (Å²) in [6.07, 6.45) is -4.58. The standard InChI is InChI=1S/C23H24F3N3O2/c24-23(25,26)21-16-18(19-5-1-2-6-20(19)22(27)30)8-7-17(21)4-3-9-28-10-11-29-12-14-31-15-13-29/h1-2,5-8,16,28H,9-15H2,(H2,27,30). The molecule has 8 heteroatoms. The van der Waals surface area contributed by atoms with E-state index in [0.717, 1.165) is 38.9 Å². The number of benzene rings is 2. The third-order valence-corrected chi connectivity index (χ3v) is 4.97. The monoisotopic (exact) mass is 431 g/mol. The fraction of sp³-hybridized carbons (Fsp3) is 0.348. The van der Waals surface area contributed by atoms with Crippen LogP contribution in [0.1, 0.15) is 21.5 Å².